The molecular formula is C22H32N6O2. The summed E-state index contributed by atoms with van der Waals surface area (Å²) in [5.41, 5.74) is 1.71. The van der Waals surface area contributed by atoms with Crippen molar-refractivity contribution in [2.75, 3.05) is 19.7 Å². The first-order valence-corrected chi connectivity index (χ1v) is 11.5. The number of amides is 1. The Labute approximate surface area is 177 Å². The monoisotopic (exact) mass is 412 g/mol. The molecule has 0 aromatic carbocycles. The fourth-order valence-electron chi connectivity index (χ4n) is 5.06. The molecule has 2 aromatic heterocycles. The molecule has 3 aliphatic rings. The number of hydrogen-bond acceptors (Lipinski definition) is 5. The molecule has 0 bridgehead atoms. The van der Waals surface area contributed by atoms with E-state index in [-0.39, 0.29) is 18.1 Å². The summed E-state index contributed by atoms with van der Waals surface area (Å²) >= 11 is 0. The number of aromatic amines is 1. The maximum absolute atomic E-state index is 12.8. The van der Waals surface area contributed by atoms with Crippen LogP contribution in [0.5, 0.6) is 0 Å². The Bertz CT molecular complexity index is 846. The van der Waals surface area contributed by atoms with Crippen LogP contribution in [-0.2, 0) is 11.2 Å². The SMILES string of the molecule is CCCCc1cn([C@@H]2C[C@@H]3CN(C(=O)c4cn[nH]c4)C[C@@H]3C[C@H]2OCC2CC2)nn1. The number of aryl methyl sites for hydroxylation is 1. The van der Waals surface area contributed by atoms with E-state index in [1.54, 1.807) is 12.4 Å². The number of likely N-dealkylation sites (tertiary alicyclic amines) is 1. The molecule has 1 amide bonds. The minimum atomic E-state index is 0.0766. The van der Waals surface area contributed by atoms with Crippen LogP contribution in [0.3, 0.4) is 0 Å². The van der Waals surface area contributed by atoms with Gasteiger partial charge < -0.3 is 9.64 Å². The van der Waals surface area contributed by atoms with E-state index in [1.165, 1.54) is 12.8 Å². The van der Waals surface area contributed by atoms with E-state index in [0.29, 0.717) is 17.4 Å². The fraction of sp³-hybridized carbons (Fsp3) is 0.727. The van der Waals surface area contributed by atoms with Gasteiger partial charge in [0.1, 0.15) is 0 Å². The Hall–Kier alpha value is -2.22. The maximum atomic E-state index is 12.8. The van der Waals surface area contributed by atoms with E-state index in [0.717, 1.165) is 63.4 Å². The molecule has 2 aliphatic carbocycles. The molecule has 4 atom stereocenters. The molecule has 30 heavy (non-hydrogen) atoms. The first kappa shape index (κ1) is 19.7. The molecule has 2 saturated carbocycles. The van der Waals surface area contributed by atoms with Crippen LogP contribution in [0.25, 0.3) is 0 Å². The quantitative estimate of drug-likeness (QED) is 0.720. The molecule has 2 aromatic rings. The van der Waals surface area contributed by atoms with Gasteiger partial charge in [-0.15, -0.1) is 5.10 Å². The number of unbranched alkanes of at least 4 members (excludes halogenated alkanes) is 1. The Morgan fingerprint density at radius 1 is 1.27 bits per heavy atom. The molecule has 8 heteroatoms. The minimum absolute atomic E-state index is 0.0766. The van der Waals surface area contributed by atoms with Crippen LogP contribution in [0.4, 0.5) is 0 Å². The van der Waals surface area contributed by atoms with Crippen LogP contribution in [0.15, 0.2) is 18.6 Å². The second kappa shape index (κ2) is 8.49. The van der Waals surface area contributed by atoms with Crippen molar-refractivity contribution in [3.05, 3.63) is 29.8 Å². The Morgan fingerprint density at radius 3 is 2.83 bits per heavy atom. The van der Waals surface area contributed by atoms with Crippen LogP contribution in [0, 0.1) is 17.8 Å². The highest BCUT2D eigenvalue weighted by molar-refractivity contribution is 5.93. The zero-order chi connectivity index (χ0) is 20.5. The zero-order valence-corrected chi connectivity index (χ0v) is 17.7. The molecule has 5 rings (SSSR count). The first-order chi connectivity index (χ1) is 14.7. The molecule has 0 radical (unpaired) electrons. The summed E-state index contributed by atoms with van der Waals surface area (Å²) in [6, 6.07) is 0.205. The third kappa shape index (κ3) is 4.15. The molecule has 8 nitrogen and oxygen atoms in total. The highest BCUT2D eigenvalue weighted by atomic mass is 16.5. The van der Waals surface area contributed by atoms with Crippen molar-refractivity contribution in [1.29, 1.82) is 0 Å². The van der Waals surface area contributed by atoms with E-state index in [2.05, 4.69) is 38.3 Å². The Balaban J connectivity index is 1.30. The number of ether oxygens (including phenoxy) is 1. The van der Waals surface area contributed by atoms with Gasteiger partial charge in [-0.2, -0.15) is 5.10 Å². The van der Waals surface area contributed by atoms with E-state index < -0.39 is 0 Å². The average molecular weight is 413 g/mol. The van der Waals surface area contributed by atoms with Crippen LogP contribution >= 0.6 is 0 Å². The van der Waals surface area contributed by atoms with Crippen LogP contribution in [0.1, 0.15) is 67.5 Å². The standard InChI is InChI=1S/C22H32N6O2/c1-2-3-4-19-13-28(26-25-19)20-7-16-11-27(22(29)18-9-23-24-10-18)12-17(16)8-21(20)30-14-15-5-6-15/h9-10,13,15-17,20-21H,2-8,11-12,14H2,1H3,(H,23,24)/t16-,17+,20-,21-/m1/s1. The van der Waals surface area contributed by atoms with Gasteiger partial charge >= 0.3 is 0 Å². The molecule has 3 heterocycles. The van der Waals surface area contributed by atoms with Gasteiger partial charge in [0.2, 0.25) is 0 Å². The third-order valence-electron chi connectivity index (χ3n) is 7.04. The van der Waals surface area contributed by atoms with Gasteiger partial charge in [-0.25, -0.2) is 4.68 Å². The topological polar surface area (TPSA) is 88.9 Å². The van der Waals surface area contributed by atoms with Gasteiger partial charge in [-0.05, 0) is 56.3 Å². The van der Waals surface area contributed by atoms with Crippen molar-refractivity contribution in [3.63, 3.8) is 0 Å². The van der Waals surface area contributed by atoms with Crippen LogP contribution in [-0.4, -0.2) is 61.8 Å². The molecule has 162 valence electrons. The summed E-state index contributed by atoms with van der Waals surface area (Å²) in [6.45, 7) is 4.67. The lowest BCUT2D eigenvalue weighted by Crippen LogP contribution is -2.38. The predicted octanol–water partition coefficient (Wildman–Crippen LogP) is 2.86. The second-order valence-corrected chi connectivity index (χ2v) is 9.36. The van der Waals surface area contributed by atoms with Gasteiger partial charge in [0.05, 0.1) is 29.6 Å². The van der Waals surface area contributed by atoms with Crippen molar-refractivity contribution < 1.29 is 9.53 Å². The summed E-state index contributed by atoms with van der Waals surface area (Å²) in [6.07, 6.45) is 13.4. The number of aromatic nitrogens is 5. The number of H-pyrrole nitrogens is 1. The lowest BCUT2D eigenvalue weighted by molar-refractivity contribution is -0.0375. The predicted molar refractivity (Wildman–Crippen MR) is 111 cm³/mol. The molecule has 1 aliphatic heterocycles. The molecule has 0 unspecified atom stereocenters. The van der Waals surface area contributed by atoms with Gasteiger partial charge in [-0.3, -0.25) is 9.89 Å². The Kier molecular flexibility index (Phi) is 5.58. The van der Waals surface area contributed by atoms with E-state index >= 15 is 0 Å². The van der Waals surface area contributed by atoms with E-state index in [1.807, 2.05) is 4.90 Å². The van der Waals surface area contributed by atoms with Crippen molar-refractivity contribution in [3.8, 4) is 0 Å². The van der Waals surface area contributed by atoms with Gasteiger partial charge in [0.25, 0.3) is 5.91 Å². The molecule has 1 N–H and O–H groups in total. The van der Waals surface area contributed by atoms with Crippen molar-refractivity contribution >= 4 is 5.91 Å². The molecule has 1 saturated heterocycles. The van der Waals surface area contributed by atoms with Crippen molar-refractivity contribution in [2.45, 2.75) is 64.0 Å². The number of carbonyl (C=O) groups is 1. The number of hydrogen-bond donors (Lipinski definition) is 1. The number of rotatable bonds is 8. The lowest BCUT2D eigenvalue weighted by Gasteiger charge is -2.37. The van der Waals surface area contributed by atoms with Crippen LogP contribution < -0.4 is 0 Å². The lowest BCUT2D eigenvalue weighted by atomic mass is 9.77. The smallest absolute Gasteiger partial charge is 0.257 e. The van der Waals surface area contributed by atoms with Gasteiger partial charge in [0.15, 0.2) is 0 Å². The highest BCUT2D eigenvalue weighted by Gasteiger charge is 2.45. The van der Waals surface area contributed by atoms with Gasteiger partial charge in [-0.1, -0.05) is 18.6 Å². The van der Waals surface area contributed by atoms with Crippen molar-refractivity contribution in [2.24, 2.45) is 17.8 Å². The second-order valence-electron chi connectivity index (χ2n) is 9.36. The number of nitrogens with one attached hydrogen (secondary N) is 1. The van der Waals surface area contributed by atoms with E-state index in [9.17, 15) is 4.79 Å². The zero-order valence-electron chi connectivity index (χ0n) is 17.7. The number of nitrogens with zero attached hydrogens (tertiary/aromatic N) is 5. The average Bonchev–Trinajstić information content (AvgIpc) is 3.17. The van der Waals surface area contributed by atoms with Gasteiger partial charge in [0, 0.05) is 32.1 Å². The van der Waals surface area contributed by atoms with E-state index in [4.69, 9.17) is 4.74 Å². The largest absolute Gasteiger partial charge is 0.376 e. The highest BCUT2D eigenvalue weighted by Crippen LogP contribution is 2.43. The summed E-state index contributed by atoms with van der Waals surface area (Å²) in [7, 11) is 0. The third-order valence-corrected chi connectivity index (χ3v) is 7.04. The summed E-state index contributed by atoms with van der Waals surface area (Å²) < 4.78 is 8.49. The molecule has 3 fully saturated rings. The number of fused-ring (bicyclic) bond motifs is 1. The Morgan fingerprint density at radius 2 is 2.10 bits per heavy atom. The maximum Gasteiger partial charge on any atom is 0.257 e. The fourth-order valence-corrected chi connectivity index (χ4v) is 5.06. The summed E-state index contributed by atoms with van der Waals surface area (Å²) in [4.78, 5) is 14.8. The first-order valence-electron chi connectivity index (χ1n) is 11.5. The van der Waals surface area contributed by atoms with Crippen molar-refractivity contribution in [1.82, 2.24) is 30.1 Å². The summed E-state index contributed by atoms with van der Waals surface area (Å²) in [5, 5.41) is 15.6. The molecule has 0 spiro atoms. The number of carbonyl (C=O) groups excluding carboxylic acids is 1. The normalized spacial score (nSPS) is 28.6. The van der Waals surface area contributed by atoms with Crippen LogP contribution in [0.2, 0.25) is 0 Å². The minimum Gasteiger partial charge on any atom is -0.376 e. The molecular weight excluding hydrogens is 380 g/mol. The summed E-state index contributed by atoms with van der Waals surface area (Å²) in [5.74, 6) is 1.79.